The quantitative estimate of drug-likeness (QED) is 0.892. The van der Waals surface area contributed by atoms with E-state index in [-0.39, 0.29) is 25.0 Å². The Morgan fingerprint density at radius 2 is 1.92 bits per heavy atom. The van der Waals surface area contributed by atoms with Crippen LogP contribution in [0.25, 0.3) is 0 Å². The lowest BCUT2D eigenvalue weighted by Crippen LogP contribution is -2.46. The van der Waals surface area contributed by atoms with Crippen molar-refractivity contribution in [3.8, 4) is 0 Å². The fraction of sp³-hybridized carbons (Fsp3) is 0.750. The van der Waals surface area contributed by atoms with E-state index in [2.05, 4.69) is 15.3 Å². The number of likely N-dealkylation sites (tertiary alicyclic amines) is 1. The number of rotatable bonds is 5. The molecule has 1 aromatic heterocycles. The van der Waals surface area contributed by atoms with Crippen LogP contribution in [0.2, 0.25) is 0 Å². The number of nitrogens with zero attached hydrogens (tertiary/aromatic N) is 3. The highest BCUT2D eigenvalue weighted by Gasteiger charge is 2.34. The van der Waals surface area contributed by atoms with Crippen molar-refractivity contribution in [2.75, 3.05) is 19.6 Å². The zero-order valence-electron chi connectivity index (χ0n) is 14.2. The van der Waals surface area contributed by atoms with E-state index in [9.17, 15) is 18.0 Å². The summed E-state index contributed by atoms with van der Waals surface area (Å²) in [6, 6.07) is 0.800. The highest BCUT2D eigenvalue weighted by Crippen LogP contribution is 2.28. The molecular formula is C16H25F3N4O. The molecule has 5 nitrogen and oxygen atoms in total. The lowest BCUT2D eigenvalue weighted by molar-refractivity contribution is -0.141. The van der Waals surface area contributed by atoms with E-state index in [1.807, 2.05) is 6.92 Å². The smallest absolute Gasteiger partial charge is 0.353 e. The Kier molecular flexibility index (Phi) is 6.26. The fourth-order valence-corrected chi connectivity index (χ4v) is 2.96. The van der Waals surface area contributed by atoms with Gasteiger partial charge in [0.1, 0.15) is 0 Å². The van der Waals surface area contributed by atoms with Crippen LogP contribution >= 0.6 is 0 Å². The summed E-state index contributed by atoms with van der Waals surface area (Å²) < 4.78 is 39.2. The molecule has 0 bridgehead atoms. The summed E-state index contributed by atoms with van der Waals surface area (Å²) >= 11 is 0. The molecule has 0 spiro atoms. The van der Waals surface area contributed by atoms with E-state index in [0.29, 0.717) is 5.69 Å². The van der Waals surface area contributed by atoms with E-state index < -0.39 is 11.9 Å². The molecule has 136 valence electrons. The van der Waals surface area contributed by atoms with Gasteiger partial charge in [-0.2, -0.15) is 18.3 Å². The largest absolute Gasteiger partial charge is 0.435 e. The van der Waals surface area contributed by atoms with Crippen molar-refractivity contribution >= 4 is 5.91 Å². The number of amides is 1. The summed E-state index contributed by atoms with van der Waals surface area (Å²) in [5.74, 6) is -0.0854. The van der Waals surface area contributed by atoms with E-state index >= 15 is 0 Å². The van der Waals surface area contributed by atoms with Crippen LogP contribution in [0.1, 0.15) is 44.0 Å². The van der Waals surface area contributed by atoms with Crippen molar-refractivity contribution in [2.24, 2.45) is 0 Å². The summed E-state index contributed by atoms with van der Waals surface area (Å²) in [5.41, 5.74) is -0.471. The highest BCUT2D eigenvalue weighted by atomic mass is 19.4. The molecular weight excluding hydrogens is 321 g/mol. The lowest BCUT2D eigenvalue weighted by atomic mass is 10.2. The molecule has 8 heteroatoms. The SMILES string of the molecule is Cc1cc(C(F)(F)F)nn1CCNC(=O)C(C)N1CCCCCC1. The lowest BCUT2D eigenvalue weighted by Gasteiger charge is -2.26. The van der Waals surface area contributed by atoms with Gasteiger partial charge in [-0.1, -0.05) is 12.8 Å². The molecule has 1 saturated heterocycles. The summed E-state index contributed by atoms with van der Waals surface area (Å²) in [6.45, 7) is 5.77. The molecule has 0 radical (unpaired) electrons. The van der Waals surface area contributed by atoms with Crippen LogP contribution in [0.15, 0.2) is 6.07 Å². The molecule has 1 aliphatic heterocycles. The van der Waals surface area contributed by atoms with Crippen LogP contribution in [0.4, 0.5) is 13.2 Å². The summed E-state index contributed by atoms with van der Waals surface area (Å²) in [6.07, 6.45) is 0.158. The zero-order chi connectivity index (χ0) is 17.7. The van der Waals surface area contributed by atoms with Gasteiger partial charge < -0.3 is 5.32 Å². The molecule has 24 heavy (non-hydrogen) atoms. The summed E-state index contributed by atoms with van der Waals surface area (Å²) in [7, 11) is 0. The number of aromatic nitrogens is 2. The van der Waals surface area contributed by atoms with Gasteiger partial charge in [0.05, 0.1) is 12.6 Å². The minimum atomic E-state index is -4.44. The molecule has 0 aromatic carbocycles. The van der Waals surface area contributed by atoms with Crippen molar-refractivity contribution in [3.63, 3.8) is 0 Å². The Morgan fingerprint density at radius 3 is 2.46 bits per heavy atom. The highest BCUT2D eigenvalue weighted by molar-refractivity contribution is 5.81. The fourth-order valence-electron chi connectivity index (χ4n) is 2.96. The third-order valence-electron chi connectivity index (χ3n) is 4.46. The van der Waals surface area contributed by atoms with E-state index in [0.717, 1.165) is 32.0 Å². The van der Waals surface area contributed by atoms with Crippen LogP contribution in [0.5, 0.6) is 0 Å². The second-order valence-corrected chi connectivity index (χ2v) is 6.31. The molecule has 1 fully saturated rings. The Labute approximate surface area is 140 Å². The average Bonchev–Trinajstić information content (AvgIpc) is 2.74. The Hall–Kier alpha value is -1.57. The maximum atomic E-state index is 12.6. The first kappa shape index (κ1) is 18.8. The number of nitrogens with one attached hydrogen (secondary N) is 1. The first-order valence-electron chi connectivity index (χ1n) is 8.42. The van der Waals surface area contributed by atoms with Crippen molar-refractivity contribution in [2.45, 2.75) is 58.3 Å². The molecule has 2 heterocycles. The number of hydrogen-bond acceptors (Lipinski definition) is 3. The molecule has 1 amide bonds. The van der Waals surface area contributed by atoms with Crippen LogP contribution in [0.3, 0.4) is 0 Å². The Morgan fingerprint density at radius 1 is 1.29 bits per heavy atom. The summed E-state index contributed by atoms with van der Waals surface area (Å²) in [5, 5.41) is 6.36. The number of hydrogen-bond donors (Lipinski definition) is 1. The molecule has 2 rings (SSSR count). The number of aryl methyl sites for hydroxylation is 1. The van der Waals surface area contributed by atoms with Gasteiger partial charge in [0.2, 0.25) is 5.91 Å². The molecule has 1 unspecified atom stereocenters. The van der Waals surface area contributed by atoms with Gasteiger partial charge in [0, 0.05) is 12.2 Å². The van der Waals surface area contributed by atoms with E-state index in [4.69, 9.17) is 0 Å². The molecule has 0 aliphatic carbocycles. The van der Waals surface area contributed by atoms with Gasteiger partial charge in [-0.15, -0.1) is 0 Å². The third-order valence-corrected chi connectivity index (χ3v) is 4.46. The van der Waals surface area contributed by atoms with Crippen LogP contribution in [0, 0.1) is 6.92 Å². The van der Waals surface area contributed by atoms with Gasteiger partial charge >= 0.3 is 6.18 Å². The first-order chi connectivity index (χ1) is 11.3. The zero-order valence-corrected chi connectivity index (χ0v) is 14.2. The second kappa shape index (κ2) is 8.00. The van der Waals surface area contributed by atoms with E-state index in [1.165, 1.54) is 17.5 Å². The molecule has 1 aliphatic rings. The second-order valence-electron chi connectivity index (χ2n) is 6.31. The van der Waals surface area contributed by atoms with Crippen molar-refractivity contribution < 1.29 is 18.0 Å². The summed E-state index contributed by atoms with van der Waals surface area (Å²) in [4.78, 5) is 14.4. The van der Waals surface area contributed by atoms with Crippen molar-refractivity contribution in [1.82, 2.24) is 20.0 Å². The Balaban J connectivity index is 1.83. The Bertz CT molecular complexity index is 548. The molecule has 1 atom stereocenters. The number of carbonyl (C=O) groups is 1. The number of carbonyl (C=O) groups excluding carboxylic acids is 1. The number of alkyl halides is 3. The van der Waals surface area contributed by atoms with Gasteiger partial charge in [0.25, 0.3) is 0 Å². The standard InChI is InChI=1S/C16H25F3N4O/c1-12-11-14(16(17,18)19)21-23(12)10-7-20-15(24)13(2)22-8-5-3-4-6-9-22/h11,13H,3-10H2,1-2H3,(H,20,24). The molecule has 1 aromatic rings. The monoisotopic (exact) mass is 346 g/mol. The van der Waals surface area contributed by atoms with Gasteiger partial charge in [0.15, 0.2) is 5.69 Å². The van der Waals surface area contributed by atoms with Gasteiger partial charge in [-0.25, -0.2) is 0 Å². The van der Waals surface area contributed by atoms with Crippen molar-refractivity contribution in [3.05, 3.63) is 17.5 Å². The van der Waals surface area contributed by atoms with E-state index in [1.54, 1.807) is 6.92 Å². The molecule has 0 saturated carbocycles. The predicted molar refractivity (Wildman–Crippen MR) is 84.5 cm³/mol. The average molecular weight is 346 g/mol. The van der Waals surface area contributed by atoms with Crippen LogP contribution in [-0.2, 0) is 17.5 Å². The first-order valence-corrected chi connectivity index (χ1v) is 8.42. The minimum absolute atomic E-state index is 0.0854. The van der Waals surface area contributed by atoms with Crippen LogP contribution < -0.4 is 5.32 Å². The maximum absolute atomic E-state index is 12.6. The van der Waals surface area contributed by atoms with Crippen LogP contribution in [-0.4, -0.2) is 46.3 Å². The maximum Gasteiger partial charge on any atom is 0.435 e. The third kappa shape index (κ3) is 4.96. The van der Waals surface area contributed by atoms with Crippen molar-refractivity contribution in [1.29, 1.82) is 0 Å². The molecule has 1 N–H and O–H groups in total. The minimum Gasteiger partial charge on any atom is -0.353 e. The predicted octanol–water partition coefficient (Wildman–Crippen LogP) is 2.59. The number of halogens is 3. The van der Waals surface area contributed by atoms with Gasteiger partial charge in [-0.3, -0.25) is 14.4 Å². The van der Waals surface area contributed by atoms with Gasteiger partial charge in [-0.05, 0) is 45.8 Å². The normalized spacial score (nSPS) is 18.2. The topological polar surface area (TPSA) is 50.2 Å².